The minimum atomic E-state index is -0.397. The number of nitrogens with one attached hydrogen (secondary N) is 1. The Balaban J connectivity index is 2.62. The van der Waals surface area contributed by atoms with Gasteiger partial charge in [0.15, 0.2) is 0 Å². The van der Waals surface area contributed by atoms with Crippen molar-refractivity contribution < 1.29 is 5.11 Å². The normalized spacial score (nSPS) is 13.1. The van der Waals surface area contributed by atoms with Gasteiger partial charge in [0, 0.05) is 6.54 Å². The molecule has 84 valence electrons. The number of hydrogen-bond acceptors (Lipinski definition) is 2. The van der Waals surface area contributed by atoms with Crippen molar-refractivity contribution in [2.24, 2.45) is 0 Å². The van der Waals surface area contributed by atoms with Gasteiger partial charge in [-0.1, -0.05) is 45.0 Å². The predicted octanol–water partition coefficient (Wildman–Crippen LogP) is 2.45. The van der Waals surface area contributed by atoms with Gasteiger partial charge in [-0.05, 0) is 23.6 Å². The highest BCUT2D eigenvalue weighted by atomic mass is 16.3. The van der Waals surface area contributed by atoms with E-state index in [2.05, 4.69) is 31.3 Å². The average Bonchev–Trinajstić information content (AvgIpc) is 2.26. The van der Waals surface area contributed by atoms with Crippen LogP contribution in [-0.4, -0.2) is 18.2 Å². The summed E-state index contributed by atoms with van der Waals surface area (Å²) in [6.45, 7) is 7.89. The highest BCUT2D eigenvalue weighted by Gasteiger charge is 2.06. The van der Waals surface area contributed by atoms with Crippen LogP contribution in [0.2, 0.25) is 0 Å². The second kappa shape index (κ2) is 5.89. The van der Waals surface area contributed by atoms with Crippen LogP contribution in [0.25, 0.3) is 0 Å². The summed E-state index contributed by atoms with van der Waals surface area (Å²) in [6.07, 6.45) is -0.397. The molecule has 1 rings (SSSR count). The topological polar surface area (TPSA) is 32.3 Å². The lowest BCUT2D eigenvalue weighted by Crippen LogP contribution is -2.20. The third kappa shape index (κ3) is 3.65. The maximum Gasteiger partial charge on any atom is 0.0914 e. The van der Waals surface area contributed by atoms with Gasteiger partial charge in [0.2, 0.25) is 0 Å². The highest BCUT2D eigenvalue weighted by molar-refractivity contribution is 5.26. The molecule has 0 saturated carbocycles. The van der Waals surface area contributed by atoms with E-state index in [1.54, 1.807) is 0 Å². The van der Waals surface area contributed by atoms with E-state index in [1.165, 1.54) is 5.56 Å². The van der Waals surface area contributed by atoms with Crippen molar-refractivity contribution in [1.29, 1.82) is 0 Å². The van der Waals surface area contributed by atoms with Crippen LogP contribution in [0.5, 0.6) is 0 Å². The molecule has 0 saturated heterocycles. The number of aliphatic hydroxyl groups is 1. The van der Waals surface area contributed by atoms with Crippen LogP contribution in [0.4, 0.5) is 0 Å². The van der Waals surface area contributed by atoms with Gasteiger partial charge < -0.3 is 10.4 Å². The Morgan fingerprint density at radius 2 is 1.67 bits per heavy atom. The SMILES string of the molecule is CCNCC(O)c1ccc(C(C)C)cc1. The van der Waals surface area contributed by atoms with E-state index in [9.17, 15) is 5.11 Å². The molecule has 0 heterocycles. The zero-order chi connectivity index (χ0) is 11.3. The Bertz CT molecular complexity index is 279. The van der Waals surface area contributed by atoms with Gasteiger partial charge in [-0.2, -0.15) is 0 Å². The molecule has 1 unspecified atom stereocenters. The molecule has 0 fully saturated rings. The summed E-state index contributed by atoms with van der Waals surface area (Å²) in [5, 5.41) is 13.0. The van der Waals surface area contributed by atoms with E-state index in [0.29, 0.717) is 12.5 Å². The summed E-state index contributed by atoms with van der Waals surface area (Å²) in [5.74, 6) is 0.546. The molecule has 2 N–H and O–H groups in total. The molecule has 1 aromatic carbocycles. The molecule has 0 bridgehead atoms. The Kier molecular flexibility index (Phi) is 4.79. The van der Waals surface area contributed by atoms with Gasteiger partial charge in [0.25, 0.3) is 0 Å². The minimum absolute atomic E-state index is 0.397. The molecule has 0 aliphatic heterocycles. The zero-order valence-electron chi connectivity index (χ0n) is 9.83. The summed E-state index contributed by atoms with van der Waals surface area (Å²) in [4.78, 5) is 0. The quantitative estimate of drug-likeness (QED) is 0.777. The van der Waals surface area contributed by atoms with Gasteiger partial charge in [-0.3, -0.25) is 0 Å². The van der Waals surface area contributed by atoms with Crippen LogP contribution < -0.4 is 5.32 Å². The van der Waals surface area contributed by atoms with Crippen molar-refractivity contribution >= 4 is 0 Å². The molecule has 1 aromatic rings. The van der Waals surface area contributed by atoms with Crippen LogP contribution in [-0.2, 0) is 0 Å². The summed E-state index contributed by atoms with van der Waals surface area (Å²) in [7, 11) is 0. The van der Waals surface area contributed by atoms with Crippen molar-refractivity contribution in [2.75, 3.05) is 13.1 Å². The third-order valence-corrected chi connectivity index (χ3v) is 2.58. The van der Waals surface area contributed by atoms with Crippen LogP contribution >= 0.6 is 0 Å². The first-order valence-electron chi connectivity index (χ1n) is 5.63. The molecule has 0 spiro atoms. The van der Waals surface area contributed by atoms with Crippen molar-refractivity contribution in [3.63, 3.8) is 0 Å². The van der Waals surface area contributed by atoms with Crippen molar-refractivity contribution in [3.8, 4) is 0 Å². The lowest BCUT2D eigenvalue weighted by atomic mass is 10.00. The molecule has 1 atom stereocenters. The Hall–Kier alpha value is -0.860. The molecule has 0 amide bonds. The summed E-state index contributed by atoms with van der Waals surface area (Å²) in [6, 6.07) is 8.21. The van der Waals surface area contributed by atoms with Crippen LogP contribution in [0, 0.1) is 0 Å². The first kappa shape index (κ1) is 12.2. The molecular formula is C13H21NO. The van der Waals surface area contributed by atoms with E-state index < -0.39 is 6.10 Å². The monoisotopic (exact) mass is 207 g/mol. The molecule has 0 aromatic heterocycles. The smallest absolute Gasteiger partial charge is 0.0914 e. The van der Waals surface area contributed by atoms with Gasteiger partial charge in [0.1, 0.15) is 0 Å². The van der Waals surface area contributed by atoms with E-state index >= 15 is 0 Å². The van der Waals surface area contributed by atoms with Crippen molar-refractivity contribution in [3.05, 3.63) is 35.4 Å². The number of benzene rings is 1. The van der Waals surface area contributed by atoms with Gasteiger partial charge in [0.05, 0.1) is 6.10 Å². The average molecular weight is 207 g/mol. The van der Waals surface area contributed by atoms with E-state index in [1.807, 2.05) is 19.1 Å². The number of hydrogen-bond donors (Lipinski definition) is 2. The largest absolute Gasteiger partial charge is 0.387 e. The Morgan fingerprint density at radius 1 is 1.13 bits per heavy atom. The fraction of sp³-hybridized carbons (Fsp3) is 0.538. The fourth-order valence-corrected chi connectivity index (χ4v) is 1.50. The summed E-state index contributed by atoms with van der Waals surface area (Å²) < 4.78 is 0. The highest BCUT2D eigenvalue weighted by Crippen LogP contribution is 2.18. The molecule has 0 aliphatic carbocycles. The number of likely N-dealkylation sites (N-methyl/N-ethyl adjacent to an activating group) is 1. The van der Waals surface area contributed by atoms with E-state index in [4.69, 9.17) is 0 Å². The van der Waals surface area contributed by atoms with Gasteiger partial charge >= 0.3 is 0 Å². The zero-order valence-corrected chi connectivity index (χ0v) is 9.83. The van der Waals surface area contributed by atoms with E-state index in [-0.39, 0.29) is 0 Å². The standard InChI is InChI=1S/C13H21NO/c1-4-14-9-13(15)12-7-5-11(6-8-12)10(2)3/h5-8,10,13-15H,4,9H2,1-3H3. The van der Waals surface area contributed by atoms with Crippen LogP contribution in [0.15, 0.2) is 24.3 Å². The maximum absolute atomic E-state index is 9.82. The predicted molar refractivity (Wildman–Crippen MR) is 64.0 cm³/mol. The Morgan fingerprint density at radius 3 is 2.13 bits per heavy atom. The van der Waals surface area contributed by atoms with Gasteiger partial charge in [-0.25, -0.2) is 0 Å². The van der Waals surface area contributed by atoms with Crippen molar-refractivity contribution in [2.45, 2.75) is 32.8 Å². The molecule has 2 heteroatoms. The number of aliphatic hydroxyl groups excluding tert-OH is 1. The lowest BCUT2D eigenvalue weighted by molar-refractivity contribution is 0.175. The minimum Gasteiger partial charge on any atom is -0.387 e. The first-order valence-corrected chi connectivity index (χ1v) is 5.63. The maximum atomic E-state index is 9.82. The number of rotatable bonds is 5. The van der Waals surface area contributed by atoms with Gasteiger partial charge in [-0.15, -0.1) is 0 Å². The van der Waals surface area contributed by atoms with Crippen LogP contribution in [0.1, 0.15) is 43.9 Å². The Labute approximate surface area is 92.3 Å². The summed E-state index contributed by atoms with van der Waals surface area (Å²) >= 11 is 0. The second-order valence-electron chi connectivity index (χ2n) is 4.14. The van der Waals surface area contributed by atoms with Crippen LogP contribution in [0.3, 0.4) is 0 Å². The molecule has 0 radical (unpaired) electrons. The molecular weight excluding hydrogens is 186 g/mol. The summed E-state index contributed by atoms with van der Waals surface area (Å²) in [5.41, 5.74) is 2.30. The third-order valence-electron chi connectivity index (χ3n) is 2.58. The molecule has 0 aliphatic rings. The van der Waals surface area contributed by atoms with E-state index in [0.717, 1.165) is 12.1 Å². The first-order chi connectivity index (χ1) is 7.15. The molecule has 15 heavy (non-hydrogen) atoms. The fourth-order valence-electron chi connectivity index (χ4n) is 1.50. The molecule has 2 nitrogen and oxygen atoms in total. The van der Waals surface area contributed by atoms with Crippen molar-refractivity contribution in [1.82, 2.24) is 5.32 Å². The lowest BCUT2D eigenvalue weighted by Gasteiger charge is -2.12. The second-order valence-corrected chi connectivity index (χ2v) is 4.14.